The molecule has 0 aliphatic carbocycles. The first-order valence-electron chi connectivity index (χ1n) is 7.33. The molecule has 0 N–H and O–H groups in total. The lowest BCUT2D eigenvalue weighted by atomic mass is 10.2. The largest absolute Gasteiger partial charge is 0.495 e. The van der Waals surface area contributed by atoms with Gasteiger partial charge in [0.25, 0.3) is 5.91 Å². The normalized spacial score (nSPS) is 15.9. The molecule has 0 bridgehead atoms. The molecule has 1 aromatic carbocycles. The first-order chi connectivity index (χ1) is 12.0. The number of amides is 1. The van der Waals surface area contributed by atoms with E-state index in [1.807, 2.05) is 12.1 Å². The molecule has 0 spiro atoms. The van der Waals surface area contributed by atoms with Crippen LogP contribution in [-0.4, -0.2) is 28.8 Å². The minimum atomic E-state index is -0.139. The fourth-order valence-corrected chi connectivity index (χ4v) is 3.83. The molecule has 1 aliphatic rings. The van der Waals surface area contributed by atoms with Gasteiger partial charge < -0.3 is 9.15 Å². The van der Waals surface area contributed by atoms with Crippen LogP contribution in [0.1, 0.15) is 5.76 Å². The summed E-state index contributed by atoms with van der Waals surface area (Å²) < 4.78 is 11.5. The Morgan fingerprint density at radius 2 is 2.20 bits per heavy atom. The molecule has 0 radical (unpaired) electrons. The van der Waals surface area contributed by atoms with Crippen molar-refractivity contribution < 1.29 is 13.9 Å². The Labute approximate surface area is 160 Å². The van der Waals surface area contributed by atoms with Crippen LogP contribution in [0.25, 0.3) is 17.4 Å². The lowest BCUT2D eigenvalue weighted by molar-refractivity contribution is -0.121. The molecule has 0 saturated carbocycles. The van der Waals surface area contributed by atoms with Crippen LogP contribution in [0.2, 0.25) is 5.02 Å². The first kappa shape index (κ1) is 17.8. The Morgan fingerprint density at radius 3 is 2.88 bits per heavy atom. The molecule has 1 aliphatic heterocycles. The summed E-state index contributed by atoms with van der Waals surface area (Å²) in [6.45, 7) is 4.04. The van der Waals surface area contributed by atoms with Crippen molar-refractivity contribution in [2.24, 2.45) is 0 Å². The summed E-state index contributed by atoms with van der Waals surface area (Å²) in [6, 6.07) is 9.03. The summed E-state index contributed by atoms with van der Waals surface area (Å²) in [5, 5.41) is 0.503. The zero-order chi connectivity index (χ0) is 18.0. The molecule has 2 heterocycles. The maximum Gasteiger partial charge on any atom is 0.266 e. The maximum atomic E-state index is 12.3. The Kier molecular flexibility index (Phi) is 5.32. The van der Waals surface area contributed by atoms with Gasteiger partial charge in [0.05, 0.1) is 17.0 Å². The number of carbonyl (C=O) groups is 1. The number of rotatable bonds is 5. The molecule has 2 aromatic rings. The minimum Gasteiger partial charge on any atom is -0.495 e. The Hall–Kier alpha value is -2.02. The topological polar surface area (TPSA) is 42.7 Å². The van der Waals surface area contributed by atoms with Crippen molar-refractivity contribution >= 4 is 51.9 Å². The fourth-order valence-electron chi connectivity index (χ4n) is 2.32. The van der Waals surface area contributed by atoms with Crippen molar-refractivity contribution in [1.82, 2.24) is 4.90 Å². The highest BCUT2D eigenvalue weighted by atomic mass is 35.5. The van der Waals surface area contributed by atoms with Gasteiger partial charge in [-0.3, -0.25) is 9.69 Å². The van der Waals surface area contributed by atoms with E-state index in [4.69, 9.17) is 33.0 Å². The zero-order valence-electron chi connectivity index (χ0n) is 13.3. The summed E-state index contributed by atoms with van der Waals surface area (Å²) in [4.78, 5) is 14.4. The number of ether oxygens (including phenoxy) is 1. The highest BCUT2D eigenvalue weighted by Gasteiger charge is 2.31. The molecule has 1 saturated heterocycles. The average Bonchev–Trinajstić information content (AvgIpc) is 3.16. The van der Waals surface area contributed by atoms with Gasteiger partial charge in [-0.05, 0) is 30.3 Å². The fraction of sp³-hybridized carbons (Fsp3) is 0.111. The molecule has 1 amide bonds. The maximum absolute atomic E-state index is 12.3. The Balaban J connectivity index is 1.85. The van der Waals surface area contributed by atoms with Gasteiger partial charge in [-0.25, -0.2) is 0 Å². The molecular formula is C18H14ClNO3S2. The highest BCUT2D eigenvalue weighted by molar-refractivity contribution is 8.26. The second-order valence-corrected chi connectivity index (χ2v) is 7.22. The molecule has 25 heavy (non-hydrogen) atoms. The summed E-state index contributed by atoms with van der Waals surface area (Å²) >= 11 is 12.6. The summed E-state index contributed by atoms with van der Waals surface area (Å²) in [7, 11) is 1.56. The number of halogens is 1. The van der Waals surface area contributed by atoms with Crippen molar-refractivity contribution in [3.63, 3.8) is 0 Å². The van der Waals surface area contributed by atoms with Crippen molar-refractivity contribution in [3.8, 4) is 17.1 Å². The molecule has 0 atom stereocenters. The molecule has 0 unspecified atom stereocenters. The van der Waals surface area contributed by atoms with Crippen molar-refractivity contribution in [2.45, 2.75) is 0 Å². The predicted molar refractivity (Wildman–Crippen MR) is 106 cm³/mol. The van der Waals surface area contributed by atoms with E-state index in [0.717, 1.165) is 5.56 Å². The smallest absolute Gasteiger partial charge is 0.266 e. The third-order valence-corrected chi connectivity index (χ3v) is 5.19. The van der Waals surface area contributed by atoms with Crippen LogP contribution < -0.4 is 4.74 Å². The monoisotopic (exact) mass is 391 g/mol. The Morgan fingerprint density at radius 1 is 1.40 bits per heavy atom. The number of hydrogen-bond acceptors (Lipinski definition) is 5. The van der Waals surface area contributed by atoms with Crippen LogP contribution in [0.3, 0.4) is 0 Å². The quantitative estimate of drug-likeness (QED) is 0.408. The number of hydrogen-bond donors (Lipinski definition) is 0. The lowest BCUT2D eigenvalue weighted by Gasteiger charge is -2.10. The van der Waals surface area contributed by atoms with Gasteiger partial charge in [-0.15, -0.1) is 6.58 Å². The van der Waals surface area contributed by atoms with Crippen LogP contribution >= 0.6 is 35.6 Å². The van der Waals surface area contributed by atoms with Gasteiger partial charge in [-0.2, -0.15) is 0 Å². The number of methoxy groups -OCH3 is 1. The lowest BCUT2D eigenvalue weighted by Crippen LogP contribution is -2.27. The molecule has 4 nitrogen and oxygen atoms in total. The summed E-state index contributed by atoms with van der Waals surface area (Å²) in [6.07, 6.45) is 3.34. The van der Waals surface area contributed by atoms with Gasteiger partial charge >= 0.3 is 0 Å². The number of benzene rings is 1. The zero-order valence-corrected chi connectivity index (χ0v) is 15.7. The SMILES string of the molecule is C=CCN1C(=O)/C(=C\c2ccc(-c3ccc(OC)c(Cl)c3)o2)SC1=S. The number of thioether (sulfide) groups is 1. The molecular weight excluding hydrogens is 378 g/mol. The van der Waals surface area contributed by atoms with Crippen LogP contribution in [0.4, 0.5) is 0 Å². The number of furan rings is 1. The van der Waals surface area contributed by atoms with Gasteiger partial charge in [0.2, 0.25) is 0 Å². The predicted octanol–water partition coefficient (Wildman–Crippen LogP) is 5.00. The van der Waals surface area contributed by atoms with Crippen LogP contribution in [0.5, 0.6) is 5.75 Å². The number of carbonyl (C=O) groups excluding carboxylic acids is 1. The van der Waals surface area contributed by atoms with Crippen LogP contribution in [0.15, 0.2) is 52.3 Å². The van der Waals surface area contributed by atoms with Gasteiger partial charge in [0, 0.05) is 18.2 Å². The molecule has 7 heteroatoms. The molecule has 3 rings (SSSR count). The molecule has 128 valence electrons. The molecule has 1 fully saturated rings. The third kappa shape index (κ3) is 3.66. The number of nitrogens with zero attached hydrogens (tertiary/aromatic N) is 1. The number of thiocarbonyl (C=S) groups is 1. The van der Waals surface area contributed by atoms with E-state index in [0.29, 0.717) is 38.1 Å². The van der Waals surface area contributed by atoms with Crippen molar-refractivity contribution in [2.75, 3.05) is 13.7 Å². The minimum absolute atomic E-state index is 0.139. The summed E-state index contributed by atoms with van der Waals surface area (Å²) in [5.74, 6) is 1.68. The average molecular weight is 392 g/mol. The Bertz CT molecular complexity index is 888. The van der Waals surface area contributed by atoms with E-state index in [2.05, 4.69) is 6.58 Å². The van der Waals surface area contributed by atoms with Gasteiger partial charge in [0.1, 0.15) is 21.6 Å². The second kappa shape index (κ2) is 7.47. The van der Waals surface area contributed by atoms with Crippen LogP contribution in [0, 0.1) is 0 Å². The van der Waals surface area contributed by atoms with Gasteiger partial charge in [0.15, 0.2) is 0 Å². The third-order valence-electron chi connectivity index (χ3n) is 3.52. The van der Waals surface area contributed by atoms with E-state index in [1.54, 1.807) is 37.5 Å². The first-order valence-corrected chi connectivity index (χ1v) is 8.93. The van der Waals surface area contributed by atoms with E-state index in [9.17, 15) is 4.79 Å². The van der Waals surface area contributed by atoms with E-state index in [1.165, 1.54) is 16.7 Å². The summed E-state index contributed by atoms with van der Waals surface area (Å²) in [5.41, 5.74) is 0.824. The van der Waals surface area contributed by atoms with E-state index >= 15 is 0 Å². The molecule has 1 aromatic heterocycles. The van der Waals surface area contributed by atoms with Gasteiger partial charge in [-0.1, -0.05) is 41.7 Å². The van der Waals surface area contributed by atoms with Crippen molar-refractivity contribution in [3.05, 3.63) is 58.7 Å². The van der Waals surface area contributed by atoms with Crippen LogP contribution in [-0.2, 0) is 4.79 Å². The van der Waals surface area contributed by atoms with E-state index in [-0.39, 0.29) is 5.91 Å². The standard InChI is InChI=1S/C18H14ClNO3S2/c1-3-8-20-17(21)16(25-18(20)24)10-12-5-7-14(23-12)11-4-6-15(22-2)13(19)9-11/h3-7,9-10H,1,8H2,2H3/b16-10+. The van der Waals surface area contributed by atoms with E-state index < -0.39 is 0 Å². The van der Waals surface area contributed by atoms with Crippen molar-refractivity contribution in [1.29, 1.82) is 0 Å². The second-order valence-electron chi connectivity index (χ2n) is 5.13. The highest BCUT2D eigenvalue weighted by Crippen LogP contribution is 2.34.